The van der Waals surface area contributed by atoms with Crippen LogP contribution in [0.3, 0.4) is 0 Å². The van der Waals surface area contributed by atoms with Gasteiger partial charge in [0, 0.05) is 30.1 Å². The monoisotopic (exact) mass is 453 g/mol. The molecule has 1 unspecified atom stereocenters. The minimum absolute atomic E-state index is 0.0973. The van der Waals surface area contributed by atoms with Gasteiger partial charge in [-0.05, 0) is 30.2 Å². The number of methoxy groups -OCH3 is 1. The number of halogens is 2. The predicted octanol–water partition coefficient (Wildman–Crippen LogP) is 1.91. The number of hydrogen-bond donors (Lipinski definition) is 1. The van der Waals surface area contributed by atoms with Crippen LogP contribution >= 0.6 is 11.6 Å². The lowest BCUT2D eigenvalue weighted by Gasteiger charge is -2.22. The van der Waals surface area contributed by atoms with Crippen LogP contribution in [0.1, 0.15) is 23.7 Å². The number of hydrogen-bond acceptors (Lipinski definition) is 7. The summed E-state index contributed by atoms with van der Waals surface area (Å²) in [5, 5.41) is 18.5. The second-order valence-electron chi connectivity index (χ2n) is 7.45. The van der Waals surface area contributed by atoms with Crippen LogP contribution in [-0.4, -0.2) is 66.3 Å². The lowest BCUT2D eigenvalue weighted by atomic mass is 9.77. The minimum atomic E-state index is -2.31. The maximum atomic E-state index is 13.5. The fourth-order valence-corrected chi connectivity index (χ4v) is 4.03. The Kier molecular flexibility index (Phi) is 6.41. The topological polar surface area (TPSA) is 85.5 Å². The van der Waals surface area contributed by atoms with Crippen LogP contribution in [0.2, 0.25) is 5.02 Å². The molecule has 0 aliphatic carbocycles. The molecule has 1 aliphatic rings. The van der Waals surface area contributed by atoms with Gasteiger partial charge in [0.15, 0.2) is 5.82 Å². The first kappa shape index (κ1) is 22.6. The second-order valence-corrected chi connectivity index (χ2v) is 7.86. The average Bonchev–Trinajstić information content (AvgIpc) is 3.39. The van der Waals surface area contributed by atoms with E-state index in [9.17, 15) is 9.50 Å². The molecule has 4 rings (SSSR count). The third-order valence-electron chi connectivity index (χ3n) is 5.21. The van der Waals surface area contributed by atoms with Crippen LogP contribution in [0.25, 0.3) is 5.69 Å². The molecule has 0 amide bonds. The Hall–Kier alpha value is -2.62. The van der Waals surface area contributed by atoms with Gasteiger partial charge in [-0.3, -0.25) is 4.57 Å². The minimum Gasteiger partial charge on any atom is -0.481 e. The molecule has 2 aromatic heterocycles. The molecule has 1 N–H and O–H groups in total. The summed E-state index contributed by atoms with van der Waals surface area (Å²) < 4.78 is 25.4. The molecule has 1 aromatic carbocycles. The third kappa shape index (κ3) is 4.90. The second kappa shape index (κ2) is 9.09. The van der Waals surface area contributed by atoms with Crippen LogP contribution in [-0.2, 0) is 11.3 Å². The number of aromatic nitrogens is 4. The summed E-state index contributed by atoms with van der Waals surface area (Å²) in [5.41, 5.74) is -0.773. The van der Waals surface area contributed by atoms with E-state index in [1.54, 1.807) is 29.0 Å². The van der Waals surface area contributed by atoms with Gasteiger partial charge in [-0.15, -0.1) is 10.2 Å². The third-order valence-corrected chi connectivity index (χ3v) is 5.53. The fraction of sp³-hybridized carbons (Fsp3) is 0.350. The molecule has 3 aromatic rings. The molecule has 1 atom stereocenters. The zero-order chi connectivity index (χ0) is 22.9. The first-order chi connectivity index (χ1) is 15.2. The van der Waals surface area contributed by atoms with E-state index in [4.69, 9.17) is 36.8 Å². The molecule has 0 bridgehead atoms. The number of aliphatic hydroxyl groups is 1. The summed E-state index contributed by atoms with van der Waals surface area (Å²) in [6.07, 6.45) is 2.41. The lowest BCUT2D eigenvalue weighted by Crippen LogP contribution is -2.33. The van der Waals surface area contributed by atoms with Crippen molar-refractivity contribution in [1.29, 1.82) is 0 Å². The number of anilines is 1. The van der Waals surface area contributed by atoms with E-state index in [0.717, 1.165) is 12.0 Å². The highest BCUT2D eigenvalue weighted by molar-refractivity contribution is 6.37. The highest BCUT2D eigenvalue weighted by Gasteiger charge is 2.30. The highest BCUT2D eigenvalue weighted by Crippen LogP contribution is 2.35. The number of ether oxygens (including phenoxy) is 2. The van der Waals surface area contributed by atoms with Gasteiger partial charge in [0.2, 0.25) is 11.8 Å². The Balaban J connectivity index is 1.65. The van der Waals surface area contributed by atoms with E-state index in [1.807, 2.05) is 4.90 Å². The Morgan fingerprint density at radius 3 is 2.75 bits per heavy atom. The molecule has 1 fully saturated rings. The van der Waals surface area contributed by atoms with Crippen molar-refractivity contribution >= 4 is 33.2 Å². The van der Waals surface area contributed by atoms with Crippen molar-refractivity contribution in [1.82, 2.24) is 19.7 Å². The normalized spacial score (nSPS) is 16.5. The van der Waals surface area contributed by atoms with Crippen molar-refractivity contribution in [3.8, 4) is 11.6 Å². The van der Waals surface area contributed by atoms with Gasteiger partial charge in [0.05, 0.1) is 24.6 Å². The van der Waals surface area contributed by atoms with Crippen molar-refractivity contribution < 1.29 is 19.0 Å². The van der Waals surface area contributed by atoms with Crippen molar-refractivity contribution in [2.24, 2.45) is 0 Å². The van der Waals surface area contributed by atoms with Gasteiger partial charge in [0.1, 0.15) is 28.1 Å². The van der Waals surface area contributed by atoms with Crippen LogP contribution in [0.15, 0.2) is 36.5 Å². The maximum absolute atomic E-state index is 13.5. The molecule has 1 aliphatic heterocycles. The molecule has 12 heteroatoms. The van der Waals surface area contributed by atoms with Gasteiger partial charge in [-0.25, -0.2) is 9.37 Å². The molecule has 162 valence electrons. The standard InChI is InChI=1S/C20H19B2ClFN5O3/c1-31-18-5-3-14(9-25-18)29-17(11-32-20(21,22)30)26-27-19(29)28-7-6-12(10-28)15-4-2-13(24)8-16(15)23/h2-5,8-9,12,30H,6-7,10-11H2,1H3. The summed E-state index contributed by atoms with van der Waals surface area (Å²) in [5.74, 6) is 1.09. The van der Waals surface area contributed by atoms with Crippen LogP contribution in [0.5, 0.6) is 5.88 Å². The van der Waals surface area contributed by atoms with E-state index < -0.39 is 5.59 Å². The Morgan fingerprint density at radius 2 is 2.09 bits per heavy atom. The number of nitrogens with zero attached hydrogens (tertiary/aromatic N) is 5. The number of pyridine rings is 1. The first-order valence-electron chi connectivity index (χ1n) is 9.84. The number of benzene rings is 1. The van der Waals surface area contributed by atoms with Crippen molar-refractivity contribution in [3.63, 3.8) is 0 Å². The summed E-state index contributed by atoms with van der Waals surface area (Å²) in [7, 11) is 12.2. The van der Waals surface area contributed by atoms with E-state index in [0.29, 0.717) is 41.5 Å². The summed E-state index contributed by atoms with van der Waals surface area (Å²) in [6, 6.07) is 7.94. The Morgan fingerprint density at radius 1 is 1.28 bits per heavy atom. The zero-order valence-corrected chi connectivity index (χ0v) is 18.0. The molecule has 32 heavy (non-hydrogen) atoms. The summed E-state index contributed by atoms with van der Waals surface area (Å²) in [6.45, 7) is 1.09. The molecular weight excluding hydrogens is 434 g/mol. The highest BCUT2D eigenvalue weighted by atomic mass is 35.5. The largest absolute Gasteiger partial charge is 0.481 e. The van der Waals surface area contributed by atoms with E-state index >= 15 is 0 Å². The first-order valence-corrected chi connectivity index (χ1v) is 10.2. The van der Waals surface area contributed by atoms with Crippen molar-refractivity contribution in [3.05, 3.63) is 58.8 Å². The van der Waals surface area contributed by atoms with E-state index in [2.05, 4.69) is 15.2 Å². The number of rotatable bonds is 7. The van der Waals surface area contributed by atoms with E-state index in [1.165, 1.54) is 19.2 Å². The quantitative estimate of drug-likeness (QED) is 0.432. The van der Waals surface area contributed by atoms with Crippen LogP contribution in [0, 0.1) is 5.82 Å². The average molecular weight is 453 g/mol. The van der Waals surface area contributed by atoms with Gasteiger partial charge < -0.3 is 19.5 Å². The van der Waals surface area contributed by atoms with Gasteiger partial charge in [0.25, 0.3) is 0 Å². The van der Waals surface area contributed by atoms with Crippen molar-refractivity contribution in [2.45, 2.75) is 24.5 Å². The predicted molar refractivity (Wildman–Crippen MR) is 118 cm³/mol. The molecule has 3 heterocycles. The SMILES string of the molecule is [B]C([B])(O)OCc1nnc(N2CCC(c3ccc(F)cc3Cl)C2)n1-c1ccc(OC)nc1. The van der Waals surface area contributed by atoms with Gasteiger partial charge >= 0.3 is 0 Å². The lowest BCUT2D eigenvalue weighted by molar-refractivity contribution is -0.0868. The van der Waals surface area contributed by atoms with Crippen LogP contribution in [0.4, 0.5) is 10.3 Å². The fourth-order valence-electron chi connectivity index (χ4n) is 3.70. The molecular formula is C20H19B2ClFN5O3. The molecule has 0 spiro atoms. The Labute approximate surface area is 192 Å². The zero-order valence-electron chi connectivity index (χ0n) is 17.3. The van der Waals surface area contributed by atoms with Gasteiger partial charge in [-0.2, -0.15) is 0 Å². The molecule has 8 nitrogen and oxygen atoms in total. The van der Waals surface area contributed by atoms with Crippen LogP contribution < -0.4 is 9.64 Å². The smallest absolute Gasteiger partial charge is 0.232 e. The van der Waals surface area contributed by atoms with E-state index in [-0.39, 0.29) is 18.3 Å². The van der Waals surface area contributed by atoms with Gasteiger partial charge in [-0.1, -0.05) is 17.7 Å². The molecule has 1 saturated heterocycles. The molecule has 0 saturated carbocycles. The van der Waals surface area contributed by atoms with Crippen molar-refractivity contribution in [2.75, 3.05) is 25.1 Å². The summed E-state index contributed by atoms with van der Waals surface area (Å²) >= 11 is 6.27. The Bertz CT molecular complexity index is 1090. The maximum Gasteiger partial charge on any atom is 0.232 e. The molecule has 4 radical (unpaired) electrons. The summed E-state index contributed by atoms with van der Waals surface area (Å²) in [4.78, 5) is 6.29.